The monoisotopic (exact) mass is 2250 g/mol. The van der Waals surface area contributed by atoms with Crippen LogP contribution in [0.4, 0.5) is 0 Å². The van der Waals surface area contributed by atoms with Gasteiger partial charge in [-0.25, -0.2) is 0 Å². The summed E-state index contributed by atoms with van der Waals surface area (Å²) in [4.78, 5) is 27.1. The van der Waals surface area contributed by atoms with Crippen LogP contribution in [0.1, 0.15) is 87.4 Å². The van der Waals surface area contributed by atoms with Crippen molar-refractivity contribution in [3.8, 4) is 107 Å². The summed E-state index contributed by atoms with van der Waals surface area (Å²) in [5.74, 6) is 0. The molecule has 0 amide bonds. The molecule has 0 aliphatic heterocycles. The summed E-state index contributed by atoms with van der Waals surface area (Å²) in [7, 11) is 0. The number of hydrogen-bond donors (Lipinski definition) is 0. The van der Waals surface area contributed by atoms with E-state index in [1.165, 1.54) is 142 Å². The average molecular weight is 2250 g/mol. The molecule has 13 aromatic carbocycles. The van der Waals surface area contributed by atoms with Crippen molar-refractivity contribution in [2.45, 2.75) is 78.2 Å². The van der Waals surface area contributed by atoms with Gasteiger partial charge in [-0.05, 0) is 193 Å². The van der Waals surface area contributed by atoms with Gasteiger partial charge in [0.05, 0.1) is 11.0 Å². The number of thiophene rings is 1. The fraction of sp³-hybridized carbons (Fsp3) is 0.100. The van der Waals surface area contributed by atoms with E-state index in [1.807, 2.05) is 181 Å². The fourth-order valence-corrected chi connectivity index (χ4v) is 19.9. The molecule has 0 atom stereocenters. The Hall–Kier alpha value is -13.5. The first-order valence-electron chi connectivity index (χ1n) is 43.9. The first-order chi connectivity index (χ1) is 63.1. The number of pyridine rings is 6. The van der Waals surface area contributed by atoms with Crippen LogP contribution < -0.4 is 0 Å². The molecule has 9 aromatic heterocycles. The van der Waals surface area contributed by atoms with E-state index in [-0.39, 0.29) is 76.6 Å². The molecule has 25 rings (SSSR count). The van der Waals surface area contributed by atoms with Crippen molar-refractivity contribution >= 4 is 75.1 Å². The normalized spacial score (nSPS) is 12.6. The topological polar surface area (TPSA) is 87.2 Å². The predicted molar refractivity (Wildman–Crippen MR) is 534 cm³/mol. The Balaban J connectivity index is 0.000000116. The number of rotatable bonds is 8. The molecule has 132 heavy (non-hydrogen) atoms. The standard InChI is InChI=1S/C33H25N2.C28H23N2.C26H18NS.3C11H8N.3Ir/c1-21-10-9-11-22(16-21)30-18-26-25-17-27-24-14-7-8-15-31(24)35(23-12-5-4-6-13-23)32(27)19-28(25)33(2,3)29(26)20-34-30;1-4-30-26-13-9-8-12-19(26)22-14-20-21-15-25(18-10-6-5-7-11-18)29-17-24(21)28(2,3)23(20)16-27(22)30;1-26(2)21-14-25-20(17-10-6-7-11-24(17)28-25)12-18(21)19-13-23(27-15-22(19)26)16-8-4-3-5-9-16;3*1-2-6-10(7-3-1)11-8-4-5-9-12-11;;;/h4-10,12-20H,1-3H3;5-10,12-17H,4H2,1-3H3;3-8,10-15H,1-2H3;3*1-6,8-9H;;;/q6*-1;;;. The fourth-order valence-electron chi connectivity index (χ4n) is 18.8. The van der Waals surface area contributed by atoms with Crippen molar-refractivity contribution in [1.82, 2.24) is 39.0 Å². The summed E-state index contributed by atoms with van der Waals surface area (Å²) in [5, 5.41) is 7.93. The summed E-state index contributed by atoms with van der Waals surface area (Å²) in [5.41, 5.74) is 35.3. The predicted octanol–water partition coefficient (Wildman–Crippen LogP) is 30.1. The van der Waals surface area contributed by atoms with Gasteiger partial charge in [-0.3, -0.25) is 0 Å². The first-order valence-corrected chi connectivity index (χ1v) is 44.7. The number of benzene rings is 13. The molecule has 22 aromatic rings. The Kier molecular flexibility index (Phi) is 26.7. The Morgan fingerprint density at radius 3 is 1.05 bits per heavy atom. The molecule has 649 valence electrons. The molecule has 0 spiro atoms. The smallest absolute Gasteiger partial charge is 0.0544 e. The number of para-hydroxylation sites is 3. The van der Waals surface area contributed by atoms with Gasteiger partial charge in [0, 0.05) is 179 Å². The molecule has 3 aliphatic carbocycles. The molecule has 0 unspecified atom stereocenters. The van der Waals surface area contributed by atoms with Gasteiger partial charge in [-0.1, -0.05) is 176 Å². The van der Waals surface area contributed by atoms with Crippen LogP contribution in [0, 0.1) is 43.3 Å². The van der Waals surface area contributed by atoms with Gasteiger partial charge in [-0.15, -0.1) is 226 Å². The van der Waals surface area contributed by atoms with Gasteiger partial charge in [0.1, 0.15) is 0 Å². The van der Waals surface area contributed by atoms with Crippen LogP contribution in [-0.4, -0.2) is 39.0 Å². The average Bonchev–Trinajstić information content (AvgIpc) is 1.56. The number of hydrogen-bond acceptors (Lipinski definition) is 7. The van der Waals surface area contributed by atoms with E-state index >= 15 is 0 Å². The number of aryl methyl sites for hydroxylation is 2. The molecule has 0 N–H and O–H groups in total. The molecule has 0 bridgehead atoms. The van der Waals surface area contributed by atoms with E-state index in [9.17, 15) is 0 Å². The molecule has 12 heteroatoms. The van der Waals surface area contributed by atoms with Crippen molar-refractivity contribution in [2.24, 2.45) is 0 Å². The zero-order valence-corrected chi connectivity index (χ0v) is 82.1. The molecule has 0 saturated carbocycles. The SMILES string of the molecule is CC1(C)c2cnc(-c3[c-]cccc3)cc2-c2cc3c(cc21)sc1ccccc13.CCn1c2ccccc2c2cc3c(cc21)C(C)(C)c1cnc(-c2[c-]cccc2)cc1-3.Cc1cc[c-]c(-c2cc3c(cn2)C(C)(C)c2cc4c(cc2-3)c2ccccc2n4-c2ccccc2)c1.[Ir].[Ir].[Ir].[c-]1ccccc1-c1ccccn1.[c-]1ccccc1-c1ccccn1.[c-]1ccccc1-c1ccccn1. The Labute approximate surface area is 816 Å². The quantitative estimate of drug-likeness (QED) is 0.141. The van der Waals surface area contributed by atoms with E-state index in [0.29, 0.717) is 0 Å². The van der Waals surface area contributed by atoms with E-state index < -0.39 is 0 Å². The Bertz CT molecular complexity index is 7560. The zero-order valence-electron chi connectivity index (χ0n) is 74.1. The molecule has 9 heterocycles. The van der Waals surface area contributed by atoms with Gasteiger partial charge >= 0.3 is 0 Å². The van der Waals surface area contributed by atoms with Crippen molar-refractivity contribution < 1.29 is 60.3 Å². The van der Waals surface area contributed by atoms with Crippen molar-refractivity contribution in [3.05, 3.63) is 464 Å². The maximum absolute atomic E-state index is 4.88. The zero-order chi connectivity index (χ0) is 87.7. The third-order valence-corrected chi connectivity index (χ3v) is 26.5. The summed E-state index contributed by atoms with van der Waals surface area (Å²) >= 11 is 1.89. The largest absolute Gasteiger partial charge is 0.341 e. The van der Waals surface area contributed by atoms with E-state index in [4.69, 9.17) is 15.0 Å². The van der Waals surface area contributed by atoms with Gasteiger partial charge < -0.3 is 39.0 Å². The molecule has 0 saturated heterocycles. The molecular formula is C120H90Ir3N8S-6. The van der Waals surface area contributed by atoms with Gasteiger partial charge in [0.15, 0.2) is 0 Å². The Morgan fingerprint density at radius 2 is 0.621 bits per heavy atom. The molecular weight excluding hydrogens is 2160 g/mol. The van der Waals surface area contributed by atoms with Gasteiger partial charge in [0.2, 0.25) is 0 Å². The van der Waals surface area contributed by atoms with Crippen LogP contribution in [-0.2, 0) is 83.1 Å². The first kappa shape index (κ1) is 90.5. The van der Waals surface area contributed by atoms with Crippen LogP contribution >= 0.6 is 11.3 Å². The second-order valence-corrected chi connectivity index (χ2v) is 35.4. The third-order valence-electron chi connectivity index (χ3n) is 25.3. The van der Waals surface area contributed by atoms with Gasteiger partial charge in [0.25, 0.3) is 0 Å². The van der Waals surface area contributed by atoms with E-state index in [2.05, 4.69) is 316 Å². The van der Waals surface area contributed by atoms with E-state index in [0.717, 1.165) is 74.1 Å². The summed E-state index contributed by atoms with van der Waals surface area (Å²) in [6.07, 6.45) is 11.6. The number of aromatic nitrogens is 8. The van der Waals surface area contributed by atoms with Crippen molar-refractivity contribution in [1.29, 1.82) is 0 Å². The van der Waals surface area contributed by atoms with Crippen LogP contribution in [0.15, 0.2) is 389 Å². The van der Waals surface area contributed by atoms with Crippen molar-refractivity contribution in [3.63, 3.8) is 0 Å². The summed E-state index contributed by atoms with van der Waals surface area (Å²) < 4.78 is 7.56. The maximum atomic E-state index is 4.88. The van der Waals surface area contributed by atoms with Crippen LogP contribution in [0.3, 0.4) is 0 Å². The van der Waals surface area contributed by atoms with Crippen molar-refractivity contribution in [2.75, 3.05) is 0 Å². The molecule has 0 fully saturated rings. The number of nitrogens with zero attached hydrogens (tertiary/aromatic N) is 8. The molecule has 8 nitrogen and oxygen atoms in total. The number of fused-ring (bicyclic) bond motifs is 18. The minimum atomic E-state index is -0.126. The second-order valence-electron chi connectivity index (χ2n) is 34.3. The van der Waals surface area contributed by atoms with E-state index in [1.54, 1.807) is 18.6 Å². The molecule has 3 radical (unpaired) electrons. The maximum Gasteiger partial charge on any atom is 0.0544 e. The summed E-state index contributed by atoms with van der Waals surface area (Å²) in [6.45, 7) is 19.2. The van der Waals surface area contributed by atoms with Crippen LogP contribution in [0.5, 0.6) is 0 Å². The minimum Gasteiger partial charge on any atom is -0.341 e. The van der Waals surface area contributed by atoms with Gasteiger partial charge in [-0.2, -0.15) is 0 Å². The third kappa shape index (κ3) is 17.5. The minimum absolute atomic E-state index is 0. The van der Waals surface area contributed by atoms with Crippen LogP contribution in [0.25, 0.3) is 170 Å². The second kappa shape index (κ2) is 38.9. The summed E-state index contributed by atoms with van der Waals surface area (Å²) in [6, 6.07) is 141. The Morgan fingerprint density at radius 1 is 0.265 bits per heavy atom. The molecule has 3 aliphatic rings. The van der Waals surface area contributed by atoms with Crippen LogP contribution in [0.2, 0.25) is 0 Å².